The molecule has 2 atom stereocenters. The zero-order valence-electron chi connectivity index (χ0n) is 61.7. The fourth-order valence-corrected chi connectivity index (χ4v) is 13.7. The summed E-state index contributed by atoms with van der Waals surface area (Å²) >= 11 is 0. The number of nitrogens with one attached hydrogen (secondary N) is 1. The van der Waals surface area contributed by atoms with Crippen LogP contribution in [0, 0.1) is 0 Å². The van der Waals surface area contributed by atoms with E-state index in [1.54, 1.807) is 6.08 Å². The molecule has 1 amide bonds. The predicted octanol–water partition coefficient (Wildman–Crippen LogP) is 27.8. The van der Waals surface area contributed by atoms with Gasteiger partial charge in [0.2, 0.25) is 5.91 Å². The third-order valence-corrected chi connectivity index (χ3v) is 20.1. The van der Waals surface area contributed by atoms with Crippen molar-refractivity contribution in [3.8, 4) is 0 Å². The Bertz CT molecular complexity index is 1370. The molecule has 0 spiro atoms. The molecule has 3 N–H and O–H groups in total. The first-order valence-corrected chi connectivity index (χ1v) is 42.0. The number of rotatable bonds is 80. The second kappa shape index (κ2) is 80.0. The summed E-state index contributed by atoms with van der Waals surface area (Å²) in [6, 6.07) is -0.623. The van der Waals surface area contributed by atoms with Crippen LogP contribution in [-0.2, 0) is 14.3 Å². The van der Waals surface area contributed by atoms with E-state index in [0.717, 1.165) is 38.5 Å². The van der Waals surface area contributed by atoms with Gasteiger partial charge < -0.3 is 20.3 Å². The number of esters is 1. The van der Waals surface area contributed by atoms with Crippen LogP contribution in [0.3, 0.4) is 0 Å². The molecule has 0 bridgehead atoms. The molecule has 0 aromatic carbocycles. The van der Waals surface area contributed by atoms with Crippen molar-refractivity contribution in [1.82, 2.24) is 5.32 Å². The normalized spacial score (nSPS) is 12.4. The number of hydrogen-bond acceptors (Lipinski definition) is 5. The Kier molecular flexibility index (Phi) is 78.8. The van der Waals surface area contributed by atoms with Crippen LogP contribution < -0.4 is 5.32 Å². The standard InChI is InChI=1S/C84H165NO5/c1-3-5-7-9-11-13-15-17-19-20-42-45-49-52-56-60-64-68-72-76-82(87)81(80-86)85-83(88)77-73-69-65-61-57-53-50-46-43-40-38-36-34-32-30-28-26-24-22-21-23-25-27-29-31-33-35-37-39-41-44-47-51-55-59-63-67-71-75-79-90-84(89)78-74-70-66-62-58-54-48-18-16-14-12-10-8-6-4-2/h72,76,81-82,86-87H,3-71,73-75,77-80H2,1-2H3,(H,85,88)/b76-72+. The van der Waals surface area contributed by atoms with E-state index in [1.165, 1.54) is 424 Å². The molecule has 0 aliphatic heterocycles. The van der Waals surface area contributed by atoms with E-state index < -0.39 is 12.1 Å². The van der Waals surface area contributed by atoms with Crippen molar-refractivity contribution in [1.29, 1.82) is 0 Å². The number of ether oxygens (including phenoxy) is 1. The van der Waals surface area contributed by atoms with Crippen LogP contribution in [0.5, 0.6) is 0 Å². The first-order chi connectivity index (χ1) is 44.5. The molecule has 0 saturated heterocycles. The lowest BCUT2D eigenvalue weighted by Crippen LogP contribution is -2.45. The molecule has 0 fully saturated rings. The van der Waals surface area contributed by atoms with Crippen LogP contribution >= 0.6 is 0 Å². The molecule has 6 heteroatoms. The van der Waals surface area contributed by atoms with Gasteiger partial charge in [-0.05, 0) is 32.1 Å². The molecule has 0 rings (SSSR count). The van der Waals surface area contributed by atoms with Crippen molar-refractivity contribution < 1.29 is 24.5 Å². The smallest absolute Gasteiger partial charge is 0.305 e. The van der Waals surface area contributed by atoms with Gasteiger partial charge in [0.25, 0.3) is 0 Å². The zero-order chi connectivity index (χ0) is 64.9. The third kappa shape index (κ3) is 75.6. The summed E-state index contributed by atoms with van der Waals surface area (Å²) < 4.78 is 5.51. The van der Waals surface area contributed by atoms with E-state index in [2.05, 4.69) is 19.2 Å². The summed E-state index contributed by atoms with van der Waals surface area (Å²) in [5.74, 6) is -0.0288. The molecule has 0 aromatic rings. The van der Waals surface area contributed by atoms with Gasteiger partial charge >= 0.3 is 5.97 Å². The van der Waals surface area contributed by atoms with Gasteiger partial charge in [-0.3, -0.25) is 9.59 Å². The summed E-state index contributed by atoms with van der Waals surface area (Å²) in [5, 5.41) is 23.3. The molecular weight excluding hydrogens is 1100 g/mol. The fourth-order valence-electron chi connectivity index (χ4n) is 13.7. The Hall–Kier alpha value is -1.40. The van der Waals surface area contributed by atoms with Crippen LogP contribution in [-0.4, -0.2) is 47.4 Å². The van der Waals surface area contributed by atoms with Gasteiger partial charge in [0.1, 0.15) is 0 Å². The maximum absolute atomic E-state index is 12.5. The van der Waals surface area contributed by atoms with Crippen LogP contribution in [0.4, 0.5) is 0 Å². The number of unbranched alkanes of at least 4 members (excludes halogenated alkanes) is 69. The summed E-state index contributed by atoms with van der Waals surface area (Å²) in [7, 11) is 0. The number of amides is 1. The lowest BCUT2D eigenvalue weighted by Gasteiger charge is -2.20. The Morgan fingerprint density at radius 1 is 0.300 bits per heavy atom. The Balaban J connectivity index is 3.30. The highest BCUT2D eigenvalue weighted by Gasteiger charge is 2.18. The summed E-state index contributed by atoms with van der Waals surface area (Å²) in [5.41, 5.74) is 0. The molecule has 0 saturated carbocycles. The van der Waals surface area contributed by atoms with E-state index in [-0.39, 0.29) is 18.5 Å². The number of aliphatic hydroxyl groups excluding tert-OH is 2. The average Bonchev–Trinajstić information content (AvgIpc) is 3.72. The molecule has 0 aliphatic rings. The number of hydrogen-bond donors (Lipinski definition) is 3. The van der Waals surface area contributed by atoms with Gasteiger partial charge in [0.15, 0.2) is 0 Å². The second-order valence-electron chi connectivity index (χ2n) is 29.2. The lowest BCUT2D eigenvalue weighted by atomic mass is 10.0. The molecule has 90 heavy (non-hydrogen) atoms. The Morgan fingerprint density at radius 3 is 0.756 bits per heavy atom. The highest BCUT2D eigenvalue weighted by molar-refractivity contribution is 5.76. The molecule has 6 nitrogen and oxygen atoms in total. The number of aliphatic hydroxyl groups is 2. The quantitative estimate of drug-likeness (QED) is 0.0320. The maximum Gasteiger partial charge on any atom is 0.305 e. The summed E-state index contributed by atoms with van der Waals surface area (Å²) in [4.78, 5) is 24.6. The average molecular weight is 1270 g/mol. The summed E-state index contributed by atoms with van der Waals surface area (Å²) in [6.07, 6.45) is 102. The zero-order valence-corrected chi connectivity index (χ0v) is 61.7. The SMILES string of the molecule is CCCCCCCCCCCCCCCCCCC/C=C/C(O)C(CO)NC(=O)CCCCCCCCCCCCCCCCCCCCCCCCCCCCCCCCCCCCCCCCCOC(=O)CCCCCCCCCCCCCCCCC. The maximum atomic E-state index is 12.5. The highest BCUT2D eigenvalue weighted by atomic mass is 16.5. The van der Waals surface area contributed by atoms with Crippen molar-refractivity contribution in [3.05, 3.63) is 12.2 Å². The van der Waals surface area contributed by atoms with Crippen LogP contribution in [0.25, 0.3) is 0 Å². The van der Waals surface area contributed by atoms with E-state index in [0.29, 0.717) is 19.4 Å². The largest absolute Gasteiger partial charge is 0.466 e. The van der Waals surface area contributed by atoms with Gasteiger partial charge in [-0.1, -0.05) is 456 Å². The second-order valence-corrected chi connectivity index (χ2v) is 29.2. The van der Waals surface area contributed by atoms with Crippen molar-refractivity contribution in [3.63, 3.8) is 0 Å². The van der Waals surface area contributed by atoms with Crippen LogP contribution in [0.2, 0.25) is 0 Å². The minimum absolute atomic E-state index is 0.0280. The molecule has 536 valence electrons. The van der Waals surface area contributed by atoms with Gasteiger partial charge in [0, 0.05) is 12.8 Å². The lowest BCUT2D eigenvalue weighted by molar-refractivity contribution is -0.143. The van der Waals surface area contributed by atoms with Crippen LogP contribution in [0.1, 0.15) is 489 Å². The van der Waals surface area contributed by atoms with Crippen molar-refractivity contribution in [2.75, 3.05) is 13.2 Å². The molecule has 0 aromatic heterocycles. The van der Waals surface area contributed by atoms with Gasteiger partial charge in [0.05, 0.1) is 25.4 Å². The first-order valence-electron chi connectivity index (χ1n) is 42.0. The molecular formula is C84H165NO5. The van der Waals surface area contributed by atoms with E-state index >= 15 is 0 Å². The monoisotopic (exact) mass is 1270 g/mol. The van der Waals surface area contributed by atoms with Gasteiger partial charge in [-0.2, -0.15) is 0 Å². The Morgan fingerprint density at radius 2 is 0.511 bits per heavy atom. The van der Waals surface area contributed by atoms with E-state index in [1.807, 2.05) is 6.08 Å². The summed E-state index contributed by atoms with van der Waals surface area (Å²) in [6.45, 7) is 4.97. The predicted molar refractivity (Wildman–Crippen MR) is 398 cm³/mol. The van der Waals surface area contributed by atoms with Crippen molar-refractivity contribution in [2.24, 2.45) is 0 Å². The van der Waals surface area contributed by atoms with Gasteiger partial charge in [-0.25, -0.2) is 0 Å². The number of carbonyl (C=O) groups is 2. The van der Waals surface area contributed by atoms with Crippen molar-refractivity contribution in [2.45, 2.75) is 501 Å². The molecule has 0 heterocycles. The molecule has 2 unspecified atom stereocenters. The minimum Gasteiger partial charge on any atom is -0.466 e. The van der Waals surface area contributed by atoms with E-state index in [9.17, 15) is 19.8 Å². The topological polar surface area (TPSA) is 95.9 Å². The third-order valence-electron chi connectivity index (χ3n) is 20.1. The van der Waals surface area contributed by atoms with Crippen LogP contribution in [0.15, 0.2) is 12.2 Å². The first kappa shape index (κ1) is 88.6. The minimum atomic E-state index is -0.840. The molecule has 0 radical (unpaired) electrons. The highest BCUT2D eigenvalue weighted by Crippen LogP contribution is 2.21. The van der Waals surface area contributed by atoms with Crippen molar-refractivity contribution >= 4 is 11.9 Å². The Labute approximate surface area is 565 Å². The fraction of sp³-hybridized carbons (Fsp3) is 0.952. The number of carbonyl (C=O) groups excluding carboxylic acids is 2. The van der Waals surface area contributed by atoms with E-state index in [4.69, 9.17) is 4.74 Å². The molecule has 0 aliphatic carbocycles. The number of allylic oxidation sites excluding steroid dienone is 1. The van der Waals surface area contributed by atoms with Gasteiger partial charge in [-0.15, -0.1) is 0 Å².